The molecule has 0 aliphatic rings. The summed E-state index contributed by atoms with van der Waals surface area (Å²) in [5.41, 5.74) is -0.342. The molecule has 0 heterocycles. The molecule has 0 nitrogen and oxygen atoms in total. The van der Waals surface area contributed by atoms with Crippen molar-refractivity contribution in [1.29, 1.82) is 0 Å². The third-order valence-electron chi connectivity index (χ3n) is 6.60. The number of hydrogen-bond donors (Lipinski definition) is 0. The van der Waals surface area contributed by atoms with Gasteiger partial charge >= 0.3 is 59.5 Å². The maximum absolute atomic E-state index is 14.8. The lowest BCUT2D eigenvalue weighted by Crippen LogP contribution is -2.76. The molecule has 0 amide bonds. The van der Waals surface area contributed by atoms with Gasteiger partial charge in [0.25, 0.3) is 0 Å². The van der Waals surface area contributed by atoms with E-state index in [9.17, 15) is 92.2 Å². The van der Waals surface area contributed by atoms with Crippen LogP contribution >= 0.6 is 0 Å². The zero-order chi connectivity index (χ0) is 36.9. The predicted octanol–water partition coefficient (Wildman–Crippen LogP) is 11.2. The van der Waals surface area contributed by atoms with Crippen LogP contribution in [0, 0.1) is 0 Å². The van der Waals surface area contributed by atoms with E-state index in [2.05, 4.69) is 0 Å². The largest absolute Gasteiger partial charge is 0.460 e. The number of hydrogen-bond acceptors (Lipinski definition) is 0. The Morgan fingerprint density at radius 1 is 0.404 bits per heavy atom. The molecule has 0 aliphatic carbocycles. The molecule has 2 rings (SSSR count). The van der Waals surface area contributed by atoms with E-state index < -0.39 is 77.4 Å². The molecule has 0 radical (unpaired) electrons. The molecule has 0 saturated carbocycles. The Balaban J connectivity index is 2.64. The standard InChI is InChI=1S/C26H15F21/c27-17(28,13-16(15-9-5-2-6-10-15)12-11-14-7-3-1-4-8-14)18(29,30)19(31,32)20(33,34)21(35,36)22(37,38)23(39,40)24(41,42)25(43,44)26(45,46)47/h1-12,16H,13H2/b12-11+. The molecule has 2 aromatic carbocycles. The summed E-state index contributed by atoms with van der Waals surface area (Å²) in [6, 6.07) is 11.7. The second-order valence-corrected chi connectivity index (χ2v) is 9.79. The molecule has 47 heavy (non-hydrogen) atoms. The Labute approximate surface area is 248 Å². The minimum absolute atomic E-state index is 0.121. The smallest absolute Gasteiger partial charge is 0.200 e. The topological polar surface area (TPSA) is 0 Å². The van der Waals surface area contributed by atoms with Gasteiger partial charge in [-0.25, -0.2) is 0 Å². The number of halogens is 21. The molecule has 266 valence electrons. The highest BCUT2D eigenvalue weighted by atomic mass is 19.4. The van der Waals surface area contributed by atoms with Crippen molar-refractivity contribution in [2.24, 2.45) is 0 Å². The molecule has 0 spiro atoms. The van der Waals surface area contributed by atoms with E-state index in [1.54, 1.807) is 0 Å². The SMILES string of the molecule is FC(F)(F)C(F)(F)C(F)(F)C(F)(F)C(F)(F)C(F)(F)C(F)(F)C(F)(F)C(F)(F)C(F)(F)CC(/C=C/c1ccccc1)c1ccccc1. The van der Waals surface area contributed by atoms with Crippen LogP contribution < -0.4 is 0 Å². The van der Waals surface area contributed by atoms with Gasteiger partial charge in [-0.15, -0.1) is 0 Å². The van der Waals surface area contributed by atoms with E-state index in [-0.39, 0.29) is 5.56 Å². The van der Waals surface area contributed by atoms with Gasteiger partial charge in [-0.05, 0) is 11.1 Å². The Kier molecular flexibility index (Phi) is 10.2. The van der Waals surface area contributed by atoms with E-state index in [1.807, 2.05) is 0 Å². The average molecular weight is 726 g/mol. The van der Waals surface area contributed by atoms with Crippen LogP contribution in [0.3, 0.4) is 0 Å². The first-order valence-corrected chi connectivity index (χ1v) is 12.0. The molecule has 1 atom stereocenters. The second-order valence-electron chi connectivity index (χ2n) is 9.79. The highest BCUT2D eigenvalue weighted by molar-refractivity contribution is 5.50. The van der Waals surface area contributed by atoms with E-state index in [0.717, 1.165) is 30.3 Å². The predicted molar refractivity (Wildman–Crippen MR) is 120 cm³/mol. The molecule has 0 N–H and O–H groups in total. The van der Waals surface area contributed by atoms with E-state index >= 15 is 0 Å². The first-order valence-electron chi connectivity index (χ1n) is 12.0. The molecular formula is C26H15F21. The monoisotopic (exact) mass is 726 g/mol. The number of rotatable bonds is 13. The fraction of sp³-hybridized carbons (Fsp3) is 0.462. The molecule has 0 aliphatic heterocycles. The van der Waals surface area contributed by atoms with Crippen LogP contribution in [0.1, 0.15) is 23.5 Å². The number of benzene rings is 2. The average Bonchev–Trinajstić information content (AvgIpc) is 2.94. The molecule has 2 aromatic rings. The van der Waals surface area contributed by atoms with Crippen molar-refractivity contribution in [3.8, 4) is 0 Å². The van der Waals surface area contributed by atoms with Crippen LogP contribution in [0.4, 0.5) is 92.2 Å². The molecule has 21 heteroatoms. The van der Waals surface area contributed by atoms with Crippen LogP contribution in [-0.2, 0) is 0 Å². The molecule has 0 aromatic heterocycles. The van der Waals surface area contributed by atoms with Crippen molar-refractivity contribution < 1.29 is 92.2 Å². The first kappa shape index (κ1) is 39.9. The highest BCUT2D eigenvalue weighted by Crippen LogP contribution is 2.66. The lowest BCUT2D eigenvalue weighted by molar-refractivity contribution is -0.474. The minimum Gasteiger partial charge on any atom is -0.200 e. The van der Waals surface area contributed by atoms with E-state index in [0.29, 0.717) is 6.08 Å². The van der Waals surface area contributed by atoms with Crippen LogP contribution in [0.15, 0.2) is 66.7 Å². The van der Waals surface area contributed by atoms with Gasteiger partial charge in [0, 0.05) is 12.3 Å². The summed E-state index contributed by atoms with van der Waals surface area (Å²) in [5.74, 6) is -79.3. The summed E-state index contributed by atoms with van der Waals surface area (Å²) in [4.78, 5) is 0. The van der Waals surface area contributed by atoms with Gasteiger partial charge in [-0.1, -0.05) is 72.8 Å². The van der Waals surface area contributed by atoms with Gasteiger partial charge in [0.2, 0.25) is 0 Å². The minimum atomic E-state index is -9.19. The van der Waals surface area contributed by atoms with Gasteiger partial charge in [0.05, 0.1) is 0 Å². The molecule has 0 bridgehead atoms. The lowest BCUT2D eigenvalue weighted by atomic mass is 9.83. The van der Waals surface area contributed by atoms with Crippen molar-refractivity contribution in [1.82, 2.24) is 0 Å². The summed E-state index contributed by atoms with van der Waals surface area (Å²) in [6.07, 6.45) is -9.27. The Bertz CT molecular complexity index is 1370. The van der Waals surface area contributed by atoms with Crippen LogP contribution in [0.2, 0.25) is 0 Å². The summed E-state index contributed by atoms with van der Waals surface area (Å²) in [7, 11) is 0. The molecule has 1 unspecified atom stereocenters. The van der Waals surface area contributed by atoms with Crippen molar-refractivity contribution in [2.45, 2.75) is 71.8 Å². The van der Waals surface area contributed by atoms with E-state index in [4.69, 9.17) is 0 Å². The summed E-state index contributed by atoms with van der Waals surface area (Å²) < 4.78 is 288. The van der Waals surface area contributed by atoms with Gasteiger partial charge in [0.15, 0.2) is 0 Å². The Morgan fingerprint density at radius 2 is 0.723 bits per heavy atom. The quantitative estimate of drug-likeness (QED) is 0.180. The van der Waals surface area contributed by atoms with Crippen LogP contribution in [0.25, 0.3) is 6.08 Å². The fourth-order valence-corrected chi connectivity index (χ4v) is 3.78. The Morgan fingerprint density at radius 3 is 1.09 bits per heavy atom. The van der Waals surface area contributed by atoms with E-state index in [1.165, 1.54) is 36.4 Å². The zero-order valence-electron chi connectivity index (χ0n) is 22.1. The third kappa shape index (κ3) is 6.10. The fourth-order valence-electron chi connectivity index (χ4n) is 3.78. The number of alkyl halides is 21. The molecule has 0 fully saturated rings. The van der Waals surface area contributed by atoms with Gasteiger partial charge < -0.3 is 0 Å². The lowest BCUT2D eigenvalue weighted by Gasteiger charge is -2.44. The van der Waals surface area contributed by atoms with Crippen molar-refractivity contribution in [3.63, 3.8) is 0 Å². The van der Waals surface area contributed by atoms with Gasteiger partial charge in [-0.2, -0.15) is 92.2 Å². The van der Waals surface area contributed by atoms with Crippen molar-refractivity contribution in [3.05, 3.63) is 77.9 Å². The second kappa shape index (κ2) is 12.0. The maximum Gasteiger partial charge on any atom is 0.460 e. The zero-order valence-corrected chi connectivity index (χ0v) is 22.1. The highest BCUT2D eigenvalue weighted by Gasteiger charge is 2.97. The summed E-state index contributed by atoms with van der Waals surface area (Å²) >= 11 is 0. The van der Waals surface area contributed by atoms with Gasteiger partial charge in [0.1, 0.15) is 0 Å². The maximum atomic E-state index is 14.8. The summed E-state index contributed by atoms with van der Waals surface area (Å²) in [6.45, 7) is 0. The molecule has 0 saturated heterocycles. The van der Waals surface area contributed by atoms with Crippen molar-refractivity contribution in [2.75, 3.05) is 0 Å². The molecular weight excluding hydrogens is 711 g/mol. The van der Waals surface area contributed by atoms with Gasteiger partial charge in [-0.3, -0.25) is 0 Å². The normalized spacial score (nSPS) is 16.1. The van der Waals surface area contributed by atoms with Crippen molar-refractivity contribution >= 4 is 6.08 Å². The van der Waals surface area contributed by atoms with Crippen LogP contribution in [-0.4, -0.2) is 59.5 Å². The first-order chi connectivity index (χ1) is 20.8. The Hall–Kier alpha value is -3.29. The van der Waals surface area contributed by atoms with Crippen LogP contribution in [0.5, 0.6) is 0 Å². The third-order valence-corrected chi connectivity index (χ3v) is 6.60. The number of allylic oxidation sites excluding steroid dienone is 1. The summed E-state index contributed by atoms with van der Waals surface area (Å²) in [5, 5.41) is 0.